The van der Waals surface area contributed by atoms with Crippen LogP contribution in [0.25, 0.3) is 0 Å². The van der Waals surface area contributed by atoms with Gasteiger partial charge in [0, 0.05) is 6.42 Å². The number of nitrogens with one attached hydrogen (secondary N) is 1. The molecular weight excluding hydrogens is 469 g/mol. The van der Waals surface area contributed by atoms with E-state index in [0.717, 1.165) is 51.4 Å². The van der Waals surface area contributed by atoms with E-state index in [2.05, 4.69) is 33.0 Å². The van der Waals surface area contributed by atoms with E-state index in [1.54, 1.807) is 0 Å². The topological polar surface area (TPSA) is 110 Å². The fraction of sp³-hybridized carbons (Fsp3) is 0.929. The Morgan fingerprint density at radius 3 is 2.34 bits per heavy atom. The number of carbonyl (C=O) groups is 2. The van der Waals surface area contributed by atoms with Crippen LogP contribution < -0.4 is 61.8 Å². The zero-order chi connectivity index (χ0) is 24.8. The predicted octanol–water partition coefficient (Wildman–Crippen LogP) is -0.100. The van der Waals surface area contributed by atoms with E-state index in [4.69, 9.17) is 0 Å². The van der Waals surface area contributed by atoms with Crippen molar-refractivity contribution >= 4 is 11.9 Å². The van der Waals surface area contributed by atoms with Crippen LogP contribution in [0.15, 0.2) is 0 Å². The van der Waals surface area contributed by atoms with Gasteiger partial charge in [0.2, 0.25) is 5.91 Å². The Balaban J connectivity index is 0.00000342. The van der Waals surface area contributed by atoms with E-state index < -0.39 is 12.5 Å². The molecule has 4 aliphatic rings. The van der Waals surface area contributed by atoms with E-state index in [-0.39, 0.29) is 86.2 Å². The molecule has 0 aromatic rings. The molecule has 0 radical (unpaired) electrons. The van der Waals surface area contributed by atoms with E-state index in [1.165, 1.54) is 6.42 Å². The number of aliphatic hydroxyl groups excluding tert-OH is 2. The molecule has 35 heavy (non-hydrogen) atoms. The summed E-state index contributed by atoms with van der Waals surface area (Å²) >= 11 is 0. The third kappa shape index (κ3) is 5.48. The minimum absolute atomic E-state index is 0. The Morgan fingerprint density at radius 1 is 1.03 bits per heavy atom. The number of hydrogen-bond donors (Lipinski definition) is 3. The first kappa shape index (κ1) is 30.0. The standard InChI is InChI=1S/C28H47NO5.K/c1-5-18-22-14-17(30)10-12-28(22,4)21-11-13-27(3)19(7-8-20(27)25(21)26(18)34)16(2)6-9-23(31)29-15-24(32)33;/h16-22,25-26,30,34H,5-15H2,1-4H3,(H,29,31)(H,32,33);/q;+1/p-1/t16-,17-,18-,19-,20+,21+,22?,25+,26-,27-,28-;/m1./s1. The van der Waals surface area contributed by atoms with Crippen LogP contribution in [-0.4, -0.2) is 40.8 Å². The smallest absolute Gasteiger partial charge is 0.548 e. The summed E-state index contributed by atoms with van der Waals surface area (Å²) in [7, 11) is 0. The second-order valence-corrected chi connectivity index (χ2v) is 12.8. The molecule has 0 spiro atoms. The number of fused-ring (bicyclic) bond motifs is 5. The molecular formula is C28H46KNO5. The summed E-state index contributed by atoms with van der Waals surface area (Å²) in [6, 6.07) is 0. The zero-order valence-electron chi connectivity index (χ0n) is 22.6. The van der Waals surface area contributed by atoms with Crippen LogP contribution in [0.5, 0.6) is 0 Å². The van der Waals surface area contributed by atoms with Crippen LogP contribution >= 0.6 is 0 Å². The first-order chi connectivity index (χ1) is 16.0. The van der Waals surface area contributed by atoms with Crippen molar-refractivity contribution < 1.29 is 76.3 Å². The fourth-order valence-corrected chi connectivity index (χ4v) is 9.75. The first-order valence-electron chi connectivity index (χ1n) is 13.9. The van der Waals surface area contributed by atoms with Gasteiger partial charge in [-0.1, -0.05) is 34.1 Å². The molecule has 0 aliphatic heterocycles. The Bertz CT molecular complexity index is 778. The van der Waals surface area contributed by atoms with Gasteiger partial charge in [-0.3, -0.25) is 4.79 Å². The van der Waals surface area contributed by atoms with Crippen LogP contribution in [0.4, 0.5) is 0 Å². The Labute approximate surface area is 254 Å². The average molecular weight is 516 g/mol. The van der Waals surface area contributed by atoms with Gasteiger partial charge in [0.15, 0.2) is 0 Å². The van der Waals surface area contributed by atoms with Crippen LogP contribution in [-0.2, 0) is 9.59 Å². The summed E-state index contributed by atoms with van der Waals surface area (Å²) in [5, 5.41) is 35.3. The molecule has 3 N–H and O–H groups in total. The van der Waals surface area contributed by atoms with Crippen LogP contribution in [0.2, 0.25) is 0 Å². The number of carboxylic acid groups (broad SMARTS) is 1. The van der Waals surface area contributed by atoms with Gasteiger partial charge in [-0.15, -0.1) is 0 Å². The van der Waals surface area contributed by atoms with Gasteiger partial charge in [-0.25, -0.2) is 0 Å². The largest absolute Gasteiger partial charge is 1.00 e. The predicted molar refractivity (Wildman–Crippen MR) is 128 cm³/mol. The second kappa shape index (κ2) is 11.7. The number of hydrogen-bond acceptors (Lipinski definition) is 5. The molecule has 11 atom stereocenters. The van der Waals surface area contributed by atoms with Gasteiger partial charge in [-0.2, -0.15) is 0 Å². The van der Waals surface area contributed by atoms with E-state index in [1.807, 2.05) is 0 Å². The molecule has 0 saturated heterocycles. The Hall–Kier alpha value is 0.496. The summed E-state index contributed by atoms with van der Waals surface area (Å²) < 4.78 is 0. The molecule has 1 unspecified atom stereocenters. The van der Waals surface area contributed by atoms with Crippen molar-refractivity contribution in [2.45, 2.75) is 104 Å². The molecule has 0 aromatic heterocycles. The SMILES string of the molecule is CC[C@@H]1C2C[C@H](O)CC[C@]2(C)[C@H]2CC[C@]3(C)[C@@H]([C@H](C)CCC(=O)NCC(=O)[O-])CC[C@H]3[C@@H]2[C@@H]1O.[K+]. The van der Waals surface area contributed by atoms with Crippen LogP contribution in [0, 0.1) is 52.3 Å². The first-order valence-corrected chi connectivity index (χ1v) is 13.9. The quantitative estimate of drug-likeness (QED) is 0.410. The van der Waals surface area contributed by atoms with Gasteiger partial charge in [0.1, 0.15) is 0 Å². The van der Waals surface area contributed by atoms with Gasteiger partial charge in [0.05, 0.1) is 24.7 Å². The molecule has 0 bridgehead atoms. The van der Waals surface area contributed by atoms with Gasteiger partial charge in [0.25, 0.3) is 0 Å². The third-order valence-corrected chi connectivity index (χ3v) is 11.4. The van der Waals surface area contributed by atoms with Crippen molar-refractivity contribution in [3.63, 3.8) is 0 Å². The van der Waals surface area contributed by atoms with E-state index in [0.29, 0.717) is 41.9 Å². The van der Waals surface area contributed by atoms with Crippen molar-refractivity contribution in [2.75, 3.05) is 6.54 Å². The van der Waals surface area contributed by atoms with E-state index >= 15 is 0 Å². The van der Waals surface area contributed by atoms with Crippen molar-refractivity contribution in [1.29, 1.82) is 0 Å². The number of carbonyl (C=O) groups excluding carboxylic acids is 2. The number of aliphatic hydroxyl groups is 2. The maximum atomic E-state index is 12.1. The Morgan fingerprint density at radius 2 is 1.69 bits per heavy atom. The number of rotatable bonds is 7. The average Bonchev–Trinajstić information content (AvgIpc) is 3.14. The number of aliphatic carboxylic acids is 1. The van der Waals surface area contributed by atoms with Gasteiger partial charge >= 0.3 is 51.4 Å². The minimum Gasteiger partial charge on any atom is -0.548 e. The molecule has 1 amide bonds. The van der Waals surface area contributed by atoms with Crippen molar-refractivity contribution in [1.82, 2.24) is 5.32 Å². The molecule has 4 saturated carbocycles. The van der Waals surface area contributed by atoms with E-state index in [9.17, 15) is 24.9 Å². The summed E-state index contributed by atoms with van der Waals surface area (Å²) in [6.07, 6.45) is 9.03. The molecule has 4 fully saturated rings. The third-order valence-electron chi connectivity index (χ3n) is 11.4. The van der Waals surface area contributed by atoms with Crippen LogP contribution in [0.3, 0.4) is 0 Å². The molecule has 0 heterocycles. The zero-order valence-corrected chi connectivity index (χ0v) is 25.7. The summed E-state index contributed by atoms with van der Waals surface area (Å²) in [4.78, 5) is 22.7. The number of carboxylic acids is 1. The molecule has 0 aromatic carbocycles. The van der Waals surface area contributed by atoms with Gasteiger partial charge < -0.3 is 25.4 Å². The fourth-order valence-electron chi connectivity index (χ4n) is 9.75. The van der Waals surface area contributed by atoms with Crippen LogP contribution in [0.1, 0.15) is 91.9 Å². The minimum atomic E-state index is -1.26. The maximum absolute atomic E-state index is 12.1. The van der Waals surface area contributed by atoms with Crippen molar-refractivity contribution in [3.8, 4) is 0 Å². The molecule has 6 nitrogen and oxygen atoms in total. The maximum Gasteiger partial charge on any atom is 1.00 e. The summed E-state index contributed by atoms with van der Waals surface area (Å²) in [5.74, 6) is 1.50. The number of amides is 1. The summed E-state index contributed by atoms with van der Waals surface area (Å²) in [5.41, 5.74) is 0.393. The molecule has 7 heteroatoms. The Kier molecular flexibility index (Phi) is 10.1. The van der Waals surface area contributed by atoms with Crippen molar-refractivity contribution in [2.24, 2.45) is 52.3 Å². The normalized spacial score (nSPS) is 45.3. The second-order valence-electron chi connectivity index (χ2n) is 12.8. The molecule has 194 valence electrons. The molecule has 4 rings (SSSR count). The monoisotopic (exact) mass is 515 g/mol. The van der Waals surface area contributed by atoms with Crippen molar-refractivity contribution in [3.05, 3.63) is 0 Å². The van der Waals surface area contributed by atoms with Gasteiger partial charge in [-0.05, 0) is 104 Å². The molecule has 4 aliphatic carbocycles. The summed E-state index contributed by atoms with van der Waals surface area (Å²) in [6.45, 7) is 8.96.